The molecule has 9 nitrogen and oxygen atoms in total. The number of nitrogens with zero attached hydrogens (tertiary/aromatic N) is 7. The van der Waals surface area contributed by atoms with Gasteiger partial charge in [-0.2, -0.15) is 9.97 Å². The van der Waals surface area contributed by atoms with Gasteiger partial charge in [-0.15, -0.1) is 6.42 Å². The molecule has 264 valence electrons. The summed E-state index contributed by atoms with van der Waals surface area (Å²) >= 11 is 0. The third-order valence-corrected chi connectivity index (χ3v) is 10.7. The normalized spacial score (nSPS) is 21.6. The summed E-state index contributed by atoms with van der Waals surface area (Å²) in [5.74, 6) is 1.34. The highest BCUT2D eigenvalue weighted by Crippen LogP contribution is 2.41. The lowest BCUT2D eigenvalue weighted by molar-refractivity contribution is -0.124. The summed E-state index contributed by atoms with van der Waals surface area (Å²) in [7, 11) is 1.84. The van der Waals surface area contributed by atoms with Crippen LogP contribution in [0.4, 0.5) is 19.0 Å². The van der Waals surface area contributed by atoms with Crippen LogP contribution in [0, 0.1) is 24.0 Å². The summed E-state index contributed by atoms with van der Waals surface area (Å²) < 4.78 is 52.6. The van der Waals surface area contributed by atoms with Crippen molar-refractivity contribution < 1.29 is 22.7 Å². The molecule has 1 unspecified atom stereocenters. The number of pyridine rings is 2. The molecule has 12 heteroatoms. The number of aromatic nitrogens is 4. The Balaban J connectivity index is 1.17. The minimum atomic E-state index is -0.944. The molecule has 0 aliphatic carbocycles. The zero-order valence-corrected chi connectivity index (χ0v) is 28.6. The topological polar surface area (TPSA) is 87.6 Å². The number of carbonyl (C=O) groups excluding carboxylic acids is 1. The smallest absolute Gasteiger partial charge is 0.319 e. The Labute approximate surface area is 299 Å². The van der Waals surface area contributed by atoms with Crippen molar-refractivity contribution in [2.24, 2.45) is 0 Å². The van der Waals surface area contributed by atoms with Crippen molar-refractivity contribution >= 4 is 39.5 Å². The number of likely N-dealkylation sites (N-methyl/N-ethyl adjacent to an activating group) is 1. The molecule has 1 amide bonds. The molecule has 3 aliphatic heterocycles. The molecule has 8 rings (SSSR count). The molecule has 3 aromatic heterocycles. The number of rotatable bonds is 8. The van der Waals surface area contributed by atoms with E-state index in [1.807, 2.05) is 24.1 Å². The second kappa shape index (κ2) is 13.5. The molecule has 2 aromatic carbocycles. The Morgan fingerprint density at radius 1 is 1.13 bits per heavy atom. The molecule has 3 fully saturated rings. The van der Waals surface area contributed by atoms with E-state index in [9.17, 15) is 13.6 Å². The third-order valence-electron chi connectivity index (χ3n) is 10.7. The highest BCUT2D eigenvalue weighted by molar-refractivity contribution is 6.02. The zero-order valence-electron chi connectivity index (χ0n) is 28.6. The molecule has 0 bridgehead atoms. The van der Waals surface area contributed by atoms with Crippen LogP contribution in [0.2, 0.25) is 0 Å². The summed E-state index contributed by atoms with van der Waals surface area (Å²) in [6, 6.07) is 11.5. The predicted molar refractivity (Wildman–Crippen MR) is 193 cm³/mol. The van der Waals surface area contributed by atoms with Crippen molar-refractivity contribution in [3.8, 4) is 29.6 Å². The lowest BCUT2D eigenvalue weighted by Crippen LogP contribution is -2.43. The van der Waals surface area contributed by atoms with Crippen LogP contribution in [0.25, 0.3) is 39.0 Å². The molecule has 6 heterocycles. The van der Waals surface area contributed by atoms with E-state index in [1.165, 1.54) is 12.3 Å². The number of halogens is 3. The maximum Gasteiger partial charge on any atom is 0.319 e. The Hall–Kier alpha value is -5.54. The molecule has 0 saturated carbocycles. The van der Waals surface area contributed by atoms with Gasteiger partial charge in [-0.05, 0) is 61.0 Å². The maximum absolute atomic E-state index is 16.9. The largest absolute Gasteiger partial charge is 0.461 e. The van der Waals surface area contributed by atoms with Crippen LogP contribution in [-0.4, -0.2) is 93.2 Å². The van der Waals surface area contributed by atoms with Crippen molar-refractivity contribution in [2.75, 3.05) is 44.7 Å². The van der Waals surface area contributed by atoms with Gasteiger partial charge in [0.1, 0.15) is 35.6 Å². The van der Waals surface area contributed by atoms with Gasteiger partial charge >= 0.3 is 6.01 Å². The lowest BCUT2D eigenvalue weighted by atomic mass is 9.95. The number of amides is 1. The fourth-order valence-electron chi connectivity index (χ4n) is 8.06. The quantitative estimate of drug-likeness (QED) is 0.140. The summed E-state index contributed by atoms with van der Waals surface area (Å²) in [6.07, 6.45) is 15.6. The average Bonchev–Trinajstić information content (AvgIpc) is 3.88. The van der Waals surface area contributed by atoms with Crippen molar-refractivity contribution in [3.63, 3.8) is 0 Å². The van der Waals surface area contributed by atoms with Crippen molar-refractivity contribution in [2.45, 2.75) is 43.4 Å². The number of anilines is 1. The molecule has 0 radical (unpaired) electrons. The Morgan fingerprint density at radius 3 is 2.81 bits per heavy atom. The van der Waals surface area contributed by atoms with Crippen LogP contribution in [0.3, 0.4) is 0 Å². The molecule has 0 N–H and O–H groups in total. The Morgan fingerprint density at radius 2 is 1.98 bits per heavy atom. The first-order valence-electron chi connectivity index (χ1n) is 17.4. The molecule has 3 atom stereocenters. The highest BCUT2D eigenvalue weighted by atomic mass is 19.1. The van der Waals surface area contributed by atoms with Crippen LogP contribution in [0.15, 0.2) is 67.1 Å². The lowest BCUT2D eigenvalue weighted by Gasteiger charge is -2.31. The average molecular weight is 704 g/mol. The van der Waals surface area contributed by atoms with Crippen LogP contribution in [-0.2, 0) is 4.79 Å². The number of alkyl halides is 1. The van der Waals surface area contributed by atoms with Crippen molar-refractivity contribution in [3.05, 3.63) is 89.9 Å². The SMILES string of the molecule is C#Cc1c(F)ccc2cccc(-c3ncc4c(N(C)[C@@H]5CCN(C(=O)/C=C/c6ccncc6)C5)nc(OCC56CCCN5C[C@H](F)C6)nc4c3F)c12. The van der Waals surface area contributed by atoms with Gasteiger partial charge in [-0.3, -0.25) is 19.7 Å². The second-order valence-electron chi connectivity index (χ2n) is 13.8. The first-order valence-corrected chi connectivity index (χ1v) is 17.4. The molecule has 0 spiro atoms. The van der Waals surface area contributed by atoms with E-state index in [0.29, 0.717) is 60.0 Å². The number of terminal acetylenes is 1. The Kier molecular flexibility index (Phi) is 8.75. The molecule has 3 aliphatic rings. The number of hydrogen-bond donors (Lipinski definition) is 0. The standard InChI is InChI=1S/C40H36F3N7O2/c1-3-29-32(42)10-9-26-6-4-7-30(34(26)29)36-35(43)37-31(21-45-36)38(47-39(46-37)52-24-40-15-5-18-50(40)22-27(41)20-40)48(2)28-14-19-49(23-28)33(51)11-8-25-12-16-44-17-13-25/h1,4,6-13,16-17,21,27-28H,5,14-15,18-20,22-24H2,2H3/b11-8+/t27-,28-,40?/m1/s1. The van der Waals surface area contributed by atoms with Gasteiger partial charge in [0.15, 0.2) is 5.82 Å². The third kappa shape index (κ3) is 5.98. The van der Waals surface area contributed by atoms with Gasteiger partial charge < -0.3 is 14.5 Å². The van der Waals surface area contributed by atoms with Gasteiger partial charge in [0, 0.05) is 74.8 Å². The van der Waals surface area contributed by atoms with Crippen LogP contribution in [0.1, 0.15) is 36.8 Å². The van der Waals surface area contributed by atoms with Crippen molar-refractivity contribution in [1.29, 1.82) is 0 Å². The molecular weight excluding hydrogens is 667 g/mol. The first kappa shape index (κ1) is 33.6. The number of ether oxygens (including phenoxy) is 1. The maximum atomic E-state index is 16.9. The van der Waals surface area contributed by atoms with Gasteiger partial charge in [-0.1, -0.05) is 30.2 Å². The van der Waals surface area contributed by atoms with Crippen LogP contribution in [0.5, 0.6) is 6.01 Å². The van der Waals surface area contributed by atoms with E-state index in [0.717, 1.165) is 24.9 Å². The van der Waals surface area contributed by atoms with Gasteiger partial charge in [0.05, 0.1) is 16.5 Å². The number of hydrogen-bond acceptors (Lipinski definition) is 8. The summed E-state index contributed by atoms with van der Waals surface area (Å²) in [6.45, 7) is 2.25. The highest BCUT2D eigenvalue weighted by Gasteiger charge is 2.49. The van der Waals surface area contributed by atoms with Gasteiger partial charge in [0.25, 0.3) is 0 Å². The number of carbonyl (C=O) groups is 1. The first-order chi connectivity index (χ1) is 25.2. The number of likely N-dealkylation sites (tertiary alicyclic amines) is 1. The second-order valence-corrected chi connectivity index (χ2v) is 13.8. The van der Waals surface area contributed by atoms with Gasteiger partial charge in [-0.25, -0.2) is 13.2 Å². The van der Waals surface area contributed by atoms with E-state index in [-0.39, 0.29) is 41.3 Å². The summed E-state index contributed by atoms with van der Waals surface area (Å²) in [5, 5.41) is 1.35. The molecule has 52 heavy (non-hydrogen) atoms. The predicted octanol–water partition coefficient (Wildman–Crippen LogP) is 6.21. The minimum Gasteiger partial charge on any atom is -0.461 e. The van der Waals surface area contributed by atoms with Crippen LogP contribution < -0.4 is 9.64 Å². The monoisotopic (exact) mass is 703 g/mol. The van der Waals surface area contributed by atoms with E-state index in [1.54, 1.807) is 53.7 Å². The van der Waals surface area contributed by atoms with Crippen LogP contribution >= 0.6 is 0 Å². The van der Waals surface area contributed by atoms with E-state index >= 15 is 4.39 Å². The van der Waals surface area contributed by atoms with E-state index in [2.05, 4.69) is 25.8 Å². The van der Waals surface area contributed by atoms with E-state index < -0.39 is 23.3 Å². The molecular formula is C40H36F3N7O2. The Bertz CT molecular complexity index is 2260. The van der Waals surface area contributed by atoms with Gasteiger partial charge in [0.2, 0.25) is 5.91 Å². The summed E-state index contributed by atoms with van der Waals surface area (Å²) in [4.78, 5) is 36.9. The fourth-order valence-corrected chi connectivity index (χ4v) is 8.06. The summed E-state index contributed by atoms with van der Waals surface area (Å²) in [5.41, 5.74) is 0.656. The number of fused-ring (bicyclic) bond motifs is 3. The molecule has 5 aromatic rings. The zero-order chi connectivity index (χ0) is 36.0. The minimum absolute atomic E-state index is 0.0144. The number of benzene rings is 2. The molecule has 3 saturated heterocycles. The fraction of sp³-hybridized carbons (Fsp3) is 0.325. The van der Waals surface area contributed by atoms with E-state index in [4.69, 9.17) is 16.1 Å². The van der Waals surface area contributed by atoms with Crippen molar-refractivity contribution in [1.82, 2.24) is 29.7 Å².